The Kier molecular flexibility index (Phi) is 6.47. The molecule has 0 saturated carbocycles. The van der Waals surface area contributed by atoms with E-state index >= 15 is 4.39 Å². The highest BCUT2D eigenvalue weighted by atomic mass is 35.5. The number of benzene rings is 2. The molecule has 3 saturated heterocycles. The summed E-state index contributed by atoms with van der Waals surface area (Å²) in [7, 11) is 0. The molecule has 35 heavy (non-hydrogen) atoms. The quantitative estimate of drug-likeness (QED) is 0.517. The van der Waals surface area contributed by atoms with E-state index in [9.17, 15) is 4.79 Å². The SMILES string of the molecule is CC(C)Oc1cc(Cl)cc(-c2cc3c(cc2F)[C@H](NC(=O)O[C@@H]2CN4CCC2CC4)C(C)(C)C3)c1. The van der Waals surface area contributed by atoms with E-state index < -0.39 is 6.09 Å². The molecule has 2 bridgehead atoms. The molecular formula is C28H34ClFN2O3. The summed E-state index contributed by atoms with van der Waals surface area (Å²) in [5.74, 6) is 0.700. The summed E-state index contributed by atoms with van der Waals surface area (Å²) >= 11 is 6.32. The summed E-state index contributed by atoms with van der Waals surface area (Å²) in [6.45, 7) is 11.1. The van der Waals surface area contributed by atoms with Gasteiger partial charge < -0.3 is 14.8 Å². The van der Waals surface area contributed by atoms with Crippen LogP contribution in [0, 0.1) is 17.2 Å². The first-order chi connectivity index (χ1) is 16.6. The third-order valence-electron chi connectivity index (χ3n) is 7.64. The number of carbonyl (C=O) groups excluding carboxylic acids is 1. The number of rotatable bonds is 5. The number of nitrogens with zero attached hydrogens (tertiary/aromatic N) is 1. The van der Waals surface area contributed by atoms with Gasteiger partial charge in [0.1, 0.15) is 17.7 Å². The van der Waals surface area contributed by atoms with Crippen molar-refractivity contribution in [3.8, 4) is 16.9 Å². The molecule has 6 rings (SSSR count). The average molecular weight is 501 g/mol. The van der Waals surface area contributed by atoms with Crippen LogP contribution in [0.25, 0.3) is 11.1 Å². The van der Waals surface area contributed by atoms with Crippen LogP contribution in [0.5, 0.6) is 5.75 Å². The van der Waals surface area contributed by atoms with Gasteiger partial charge in [0, 0.05) is 17.1 Å². The minimum atomic E-state index is -0.413. The van der Waals surface area contributed by atoms with Crippen LogP contribution in [0.1, 0.15) is 57.7 Å². The molecule has 1 N–H and O–H groups in total. The number of carbonyl (C=O) groups is 1. The van der Waals surface area contributed by atoms with Crippen LogP contribution < -0.4 is 10.1 Å². The van der Waals surface area contributed by atoms with Gasteiger partial charge in [-0.25, -0.2) is 9.18 Å². The van der Waals surface area contributed by atoms with Crippen LogP contribution >= 0.6 is 11.6 Å². The van der Waals surface area contributed by atoms with Gasteiger partial charge in [0.2, 0.25) is 0 Å². The molecule has 2 atom stereocenters. The molecule has 5 nitrogen and oxygen atoms in total. The van der Waals surface area contributed by atoms with Crippen LogP contribution in [-0.2, 0) is 11.2 Å². The van der Waals surface area contributed by atoms with Crippen LogP contribution in [0.15, 0.2) is 30.3 Å². The zero-order chi connectivity index (χ0) is 24.9. The number of piperidine rings is 3. The van der Waals surface area contributed by atoms with Crippen molar-refractivity contribution >= 4 is 17.7 Å². The maximum atomic E-state index is 15.5. The summed E-state index contributed by atoms with van der Waals surface area (Å²) in [4.78, 5) is 15.3. The molecule has 0 radical (unpaired) electrons. The van der Waals surface area contributed by atoms with E-state index in [1.807, 2.05) is 26.0 Å². The second-order valence-corrected chi connectivity index (χ2v) is 11.6. The number of alkyl carbamates (subject to hydrolysis) is 1. The normalized spacial score (nSPS) is 26.5. The molecule has 0 spiro atoms. The van der Waals surface area contributed by atoms with Gasteiger partial charge in [0.05, 0.1) is 12.1 Å². The van der Waals surface area contributed by atoms with Gasteiger partial charge in [0.25, 0.3) is 0 Å². The molecule has 3 fully saturated rings. The maximum Gasteiger partial charge on any atom is 0.407 e. The fourth-order valence-electron chi connectivity index (χ4n) is 5.96. The summed E-state index contributed by atoms with van der Waals surface area (Å²) in [5, 5.41) is 3.56. The molecule has 0 unspecified atom stereocenters. The largest absolute Gasteiger partial charge is 0.491 e. The van der Waals surface area contributed by atoms with Crippen LogP contribution in [0.3, 0.4) is 0 Å². The molecule has 188 valence electrons. The molecule has 1 aliphatic carbocycles. The first kappa shape index (κ1) is 24.4. The van der Waals surface area contributed by atoms with Gasteiger partial charge in [-0.3, -0.25) is 4.90 Å². The smallest absolute Gasteiger partial charge is 0.407 e. The average Bonchev–Trinajstić information content (AvgIpc) is 3.02. The molecular weight excluding hydrogens is 467 g/mol. The third-order valence-corrected chi connectivity index (χ3v) is 7.86. The van der Waals surface area contributed by atoms with Gasteiger partial charge in [-0.2, -0.15) is 0 Å². The first-order valence-corrected chi connectivity index (χ1v) is 13.0. The minimum absolute atomic E-state index is 0.0143. The highest BCUT2D eigenvalue weighted by molar-refractivity contribution is 6.31. The molecule has 1 amide bonds. The van der Waals surface area contributed by atoms with Gasteiger partial charge in [0.15, 0.2) is 0 Å². The van der Waals surface area contributed by atoms with Gasteiger partial charge in [-0.15, -0.1) is 0 Å². The number of hydrogen-bond donors (Lipinski definition) is 1. The lowest BCUT2D eigenvalue weighted by atomic mass is 9.85. The third kappa shape index (κ3) is 5.01. The number of amides is 1. The van der Waals surface area contributed by atoms with Crippen LogP contribution in [-0.4, -0.2) is 42.8 Å². The van der Waals surface area contributed by atoms with E-state index in [0.717, 1.165) is 50.0 Å². The van der Waals surface area contributed by atoms with Crippen LogP contribution in [0.2, 0.25) is 5.02 Å². The van der Waals surface area contributed by atoms with E-state index in [4.69, 9.17) is 21.1 Å². The molecule has 3 heterocycles. The lowest BCUT2D eigenvalue weighted by molar-refractivity contribution is -0.0349. The molecule has 4 aliphatic rings. The molecule has 7 heteroatoms. The van der Waals surface area contributed by atoms with Crippen molar-refractivity contribution in [3.05, 3.63) is 52.3 Å². The van der Waals surface area contributed by atoms with Crippen molar-refractivity contribution in [2.24, 2.45) is 11.3 Å². The van der Waals surface area contributed by atoms with Crippen molar-refractivity contribution in [2.45, 2.75) is 65.2 Å². The minimum Gasteiger partial charge on any atom is -0.491 e. The Bertz CT molecular complexity index is 1130. The lowest BCUT2D eigenvalue weighted by Gasteiger charge is -2.44. The van der Waals surface area contributed by atoms with Crippen molar-refractivity contribution in [1.29, 1.82) is 0 Å². The van der Waals surface area contributed by atoms with Crippen LogP contribution in [0.4, 0.5) is 9.18 Å². The highest BCUT2D eigenvalue weighted by Crippen LogP contribution is 2.47. The van der Waals surface area contributed by atoms with E-state index in [2.05, 4.69) is 24.1 Å². The Morgan fingerprint density at radius 1 is 1.17 bits per heavy atom. The number of nitrogens with one attached hydrogen (secondary N) is 1. The van der Waals surface area contributed by atoms with E-state index in [1.54, 1.807) is 18.2 Å². The zero-order valence-electron chi connectivity index (χ0n) is 20.9. The van der Waals surface area contributed by atoms with E-state index in [-0.39, 0.29) is 29.5 Å². The predicted octanol–water partition coefficient (Wildman–Crippen LogP) is 6.38. The Morgan fingerprint density at radius 3 is 2.57 bits per heavy atom. The van der Waals surface area contributed by atoms with Gasteiger partial charge >= 0.3 is 6.09 Å². The fourth-order valence-corrected chi connectivity index (χ4v) is 6.18. The Balaban J connectivity index is 1.38. The Hall–Kier alpha value is -2.31. The Labute approximate surface area is 211 Å². The van der Waals surface area contributed by atoms with Crippen molar-refractivity contribution in [1.82, 2.24) is 10.2 Å². The number of fused-ring (bicyclic) bond motifs is 4. The standard InChI is InChI=1S/C28H34ClFN2O3/c1-16(2)34-21-10-18(9-20(29)12-21)22-11-19-14-28(3,4)26(23(19)13-24(22)30)31-27(33)35-25-15-32-7-5-17(25)6-8-32/h9-13,16-17,25-26H,5-8,14-15H2,1-4H3,(H,31,33)/t25-,26+/m1/s1. The number of ether oxygens (including phenoxy) is 2. The van der Waals surface area contributed by atoms with E-state index in [1.165, 1.54) is 0 Å². The molecule has 2 aromatic rings. The monoisotopic (exact) mass is 500 g/mol. The zero-order valence-corrected chi connectivity index (χ0v) is 21.6. The number of hydrogen-bond acceptors (Lipinski definition) is 4. The summed E-state index contributed by atoms with van der Waals surface area (Å²) in [6.07, 6.45) is 2.39. The molecule has 2 aromatic carbocycles. The maximum absolute atomic E-state index is 15.5. The summed E-state index contributed by atoms with van der Waals surface area (Å²) in [6, 6.07) is 8.42. The lowest BCUT2D eigenvalue weighted by Crippen LogP contribution is -2.53. The molecule has 0 aromatic heterocycles. The topological polar surface area (TPSA) is 50.8 Å². The predicted molar refractivity (Wildman–Crippen MR) is 135 cm³/mol. The van der Waals surface area contributed by atoms with E-state index in [0.29, 0.717) is 27.8 Å². The van der Waals surface area contributed by atoms with Gasteiger partial charge in [-0.1, -0.05) is 25.4 Å². The highest BCUT2D eigenvalue weighted by Gasteiger charge is 2.42. The first-order valence-electron chi connectivity index (χ1n) is 12.6. The second kappa shape index (κ2) is 9.29. The molecule has 3 aliphatic heterocycles. The van der Waals surface area contributed by atoms with Crippen molar-refractivity contribution in [2.75, 3.05) is 19.6 Å². The summed E-state index contributed by atoms with van der Waals surface area (Å²) in [5.41, 5.74) is 2.70. The van der Waals surface area contributed by atoms with Crippen molar-refractivity contribution in [3.63, 3.8) is 0 Å². The fraction of sp³-hybridized carbons (Fsp3) is 0.536. The van der Waals surface area contributed by atoms with Gasteiger partial charge in [-0.05, 0) is 105 Å². The summed E-state index contributed by atoms with van der Waals surface area (Å²) < 4.78 is 27.1. The number of halogens is 2. The van der Waals surface area contributed by atoms with Crippen molar-refractivity contribution < 1.29 is 18.7 Å². The Morgan fingerprint density at radius 2 is 1.91 bits per heavy atom. The second-order valence-electron chi connectivity index (χ2n) is 11.2.